The van der Waals surface area contributed by atoms with Crippen molar-refractivity contribution in [3.8, 4) is 0 Å². The van der Waals surface area contributed by atoms with E-state index in [4.69, 9.17) is 17.3 Å². The maximum Gasteiger partial charge on any atom is 0.257 e. The second-order valence-corrected chi connectivity index (χ2v) is 5.91. The highest BCUT2D eigenvalue weighted by Gasteiger charge is 2.14. The summed E-state index contributed by atoms with van der Waals surface area (Å²) in [6, 6.07) is 10.7. The highest BCUT2D eigenvalue weighted by Crippen LogP contribution is 2.27. The van der Waals surface area contributed by atoms with Gasteiger partial charge >= 0.3 is 0 Å². The Bertz CT molecular complexity index is 844. The molecule has 0 aliphatic carbocycles. The minimum absolute atomic E-state index is 0.244. The van der Waals surface area contributed by atoms with Gasteiger partial charge in [-0.1, -0.05) is 27.5 Å². The summed E-state index contributed by atoms with van der Waals surface area (Å²) in [5.74, 6) is -0.244. The molecule has 0 saturated carbocycles. The summed E-state index contributed by atoms with van der Waals surface area (Å²) < 4.78 is 0.838. The predicted octanol–water partition coefficient (Wildman–Crippen LogP) is 4.42. The molecule has 4 nitrogen and oxygen atoms in total. The van der Waals surface area contributed by atoms with Crippen LogP contribution >= 0.6 is 27.5 Å². The largest absolute Gasteiger partial charge is 0.399 e. The molecule has 4 N–H and O–H groups in total. The molecule has 0 unspecified atom stereocenters. The molecule has 1 heterocycles. The SMILES string of the molecule is Nc1ccc2[nH]cc(C(=O)Nc3cc(Br)ccc3Cl)c2c1. The van der Waals surface area contributed by atoms with Crippen molar-refractivity contribution in [2.45, 2.75) is 0 Å². The molecule has 2 aromatic carbocycles. The van der Waals surface area contributed by atoms with Crippen molar-refractivity contribution in [1.29, 1.82) is 0 Å². The van der Waals surface area contributed by atoms with Crippen LogP contribution in [0.15, 0.2) is 47.1 Å². The summed E-state index contributed by atoms with van der Waals surface area (Å²) in [4.78, 5) is 15.5. The molecular weight excluding hydrogens is 354 g/mol. The summed E-state index contributed by atoms with van der Waals surface area (Å²) in [5.41, 5.74) is 8.31. The van der Waals surface area contributed by atoms with Crippen LogP contribution in [0.25, 0.3) is 10.9 Å². The Morgan fingerprint density at radius 3 is 2.86 bits per heavy atom. The number of nitrogens with one attached hydrogen (secondary N) is 2. The van der Waals surface area contributed by atoms with E-state index in [0.717, 1.165) is 15.4 Å². The Hall–Kier alpha value is -1.98. The quantitative estimate of drug-likeness (QED) is 0.589. The molecule has 3 rings (SSSR count). The number of rotatable bonds is 2. The molecule has 0 spiro atoms. The zero-order chi connectivity index (χ0) is 15.0. The summed E-state index contributed by atoms with van der Waals surface area (Å²) in [5, 5.41) is 4.06. The van der Waals surface area contributed by atoms with Crippen LogP contribution in [0.2, 0.25) is 5.02 Å². The lowest BCUT2D eigenvalue weighted by atomic mass is 10.1. The number of benzene rings is 2. The van der Waals surface area contributed by atoms with Gasteiger partial charge in [-0.3, -0.25) is 4.79 Å². The molecule has 0 radical (unpaired) electrons. The van der Waals surface area contributed by atoms with Gasteiger partial charge in [-0.15, -0.1) is 0 Å². The van der Waals surface area contributed by atoms with Gasteiger partial charge in [0.25, 0.3) is 5.91 Å². The van der Waals surface area contributed by atoms with E-state index in [1.165, 1.54) is 0 Å². The number of anilines is 2. The number of carbonyl (C=O) groups is 1. The molecule has 1 aromatic heterocycles. The van der Waals surface area contributed by atoms with E-state index >= 15 is 0 Å². The molecule has 0 aliphatic rings. The van der Waals surface area contributed by atoms with Crippen LogP contribution in [0.1, 0.15) is 10.4 Å². The average Bonchev–Trinajstić information content (AvgIpc) is 2.85. The molecular formula is C15H11BrClN3O. The van der Waals surface area contributed by atoms with Crippen LogP contribution < -0.4 is 11.1 Å². The molecule has 0 aliphatic heterocycles. The van der Waals surface area contributed by atoms with Crippen molar-refractivity contribution < 1.29 is 4.79 Å². The predicted molar refractivity (Wildman–Crippen MR) is 89.8 cm³/mol. The van der Waals surface area contributed by atoms with Gasteiger partial charge < -0.3 is 16.0 Å². The van der Waals surface area contributed by atoms with Crippen molar-refractivity contribution in [3.63, 3.8) is 0 Å². The van der Waals surface area contributed by atoms with Crippen molar-refractivity contribution in [1.82, 2.24) is 4.98 Å². The zero-order valence-electron chi connectivity index (χ0n) is 10.8. The van der Waals surface area contributed by atoms with Gasteiger partial charge in [0, 0.05) is 27.3 Å². The first kappa shape index (κ1) is 14.0. The summed E-state index contributed by atoms with van der Waals surface area (Å²) in [7, 11) is 0. The van der Waals surface area contributed by atoms with E-state index in [2.05, 4.69) is 26.2 Å². The Morgan fingerprint density at radius 1 is 1.24 bits per heavy atom. The number of hydrogen-bond donors (Lipinski definition) is 3. The maximum absolute atomic E-state index is 12.4. The Kier molecular flexibility index (Phi) is 3.61. The fourth-order valence-electron chi connectivity index (χ4n) is 2.11. The second-order valence-electron chi connectivity index (χ2n) is 4.59. The number of nitrogens with two attached hydrogens (primary N) is 1. The zero-order valence-corrected chi connectivity index (χ0v) is 13.1. The van der Waals surface area contributed by atoms with Crippen molar-refractivity contribution in [2.75, 3.05) is 11.1 Å². The van der Waals surface area contributed by atoms with Gasteiger partial charge in [0.05, 0.1) is 16.3 Å². The number of aromatic amines is 1. The normalized spacial score (nSPS) is 10.8. The number of hydrogen-bond acceptors (Lipinski definition) is 2. The van der Waals surface area contributed by atoms with Crippen LogP contribution in [0.3, 0.4) is 0 Å². The third-order valence-electron chi connectivity index (χ3n) is 3.13. The number of H-pyrrole nitrogens is 1. The minimum atomic E-state index is -0.244. The first-order valence-corrected chi connectivity index (χ1v) is 7.35. The molecule has 0 fully saturated rings. The number of carbonyl (C=O) groups excluding carboxylic acids is 1. The van der Waals surface area contributed by atoms with Gasteiger partial charge in [0.1, 0.15) is 0 Å². The van der Waals surface area contributed by atoms with Crippen LogP contribution in [0.5, 0.6) is 0 Å². The molecule has 106 valence electrons. The highest BCUT2D eigenvalue weighted by molar-refractivity contribution is 9.10. The molecule has 0 saturated heterocycles. The van der Waals surface area contributed by atoms with E-state index in [1.54, 1.807) is 30.5 Å². The topological polar surface area (TPSA) is 70.9 Å². The second kappa shape index (κ2) is 5.42. The Balaban J connectivity index is 1.97. The molecule has 1 amide bonds. The fourth-order valence-corrected chi connectivity index (χ4v) is 2.63. The van der Waals surface area contributed by atoms with Crippen molar-refractivity contribution >= 4 is 55.7 Å². The lowest BCUT2D eigenvalue weighted by Crippen LogP contribution is -2.11. The minimum Gasteiger partial charge on any atom is -0.399 e. The van der Waals surface area contributed by atoms with Gasteiger partial charge in [-0.2, -0.15) is 0 Å². The van der Waals surface area contributed by atoms with Crippen LogP contribution in [0.4, 0.5) is 11.4 Å². The standard InChI is InChI=1S/C15H11BrClN3O/c16-8-1-3-12(17)14(5-8)20-15(21)11-7-19-13-4-2-9(18)6-10(11)13/h1-7,19H,18H2,(H,20,21). The van der Waals surface area contributed by atoms with Crippen molar-refractivity contribution in [3.05, 3.63) is 57.7 Å². The van der Waals surface area contributed by atoms with Gasteiger partial charge in [-0.25, -0.2) is 0 Å². The number of aromatic nitrogens is 1. The van der Waals surface area contributed by atoms with E-state index in [-0.39, 0.29) is 5.91 Å². The lowest BCUT2D eigenvalue weighted by molar-refractivity contribution is 0.102. The summed E-state index contributed by atoms with van der Waals surface area (Å²) >= 11 is 9.43. The first-order chi connectivity index (χ1) is 10.0. The van der Waals surface area contributed by atoms with Gasteiger partial charge in [0.2, 0.25) is 0 Å². The fraction of sp³-hybridized carbons (Fsp3) is 0. The number of amides is 1. The number of fused-ring (bicyclic) bond motifs is 1. The van der Waals surface area contributed by atoms with Crippen molar-refractivity contribution in [2.24, 2.45) is 0 Å². The molecule has 0 atom stereocenters. The molecule has 3 aromatic rings. The van der Waals surface area contributed by atoms with Crippen LogP contribution in [0, 0.1) is 0 Å². The molecule has 0 bridgehead atoms. The monoisotopic (exact) mass is 363 g/mol. The third-order valence-corrected chi connectivity index (χ3v) is 3.95. The van der Waals surface area contributed by atoms with E-state index in [1.807, 2.05) is 12.1 Å². The van der Waals surface area contributed by atoms with E-state index in [0.29, 0.717) is 22.0 Å². The van der Waals surface area contributed by atoms with Gasteiger partial charge in [-0.05, 0) is 36.4 Å². The maximum atomic E-state index is 12.4. The van der Waals surface area contributed by atoms with Gasteiger partial charge in [0.15, 0.2) is 0 Å². The number of halogens is 2. The highest BCUT2D eigenvalue weighted by atomic mass is 79.9. The van der Waals surface area contributed by atoms with E-state index in [9.17, 15) is 4.79 Å². The Labute approximate surface area is 134 Å². The summed E-state index contributed by atoms with van der Waals surface area (Å²) in [6.45, 7) is 0. The molecule has 6 heteroatoms. The van der Waals surface area contributed by atoms with Crippen LogP contribution in [-0.2, 0) is 0 Å². The van der Waals surface area contributed by atoms with E-state index < -0.39 is 0 Å². The third kappa shape index (κ3) is 2.75. The number of nitrogen functional groups attached to an aromatic ring is 1. The smallest absolute Gasteiger partial charge is 0.257 e. The molecule has 21 heavy (non-hydrogen) atoms. The lowest BCUT2D eigenvalue weighted by Gasteiger charge is -2.07. The van der Waals surface area contributed by atoms with Crippen LogP contribution in [-0.4, -0.2) is 10.9 Å². The average molecular weight is 365 g/mol. The first-order valence-electron chi connectivity index (χ1n) is 6.17. The Morgan fingerprint density at radius 2 is 2.05 bits per heavy atom. The summed E-state index contributed by atoms with van der Waals surface area (Å²) in [6.07, 6.45) is 1.66.